The van der Waals surface area contributed by atoms with Crippen molar-refractivity contribution in [3.63, 3.8) is 0 Å². The SMILES string of the molecule is NCC(F)(c1ccc[nH]1)C1CC1. The zero-order valence-corrected chi connectivity index (χ0v) is 6.89. The van der Waals surface area contributed by atoms with E-state index in [2.05, 4.69) is 4.98 Å². The van der Waals surface area contributed by atoms with Crippen LogP contribution in [0.2, 0.25) is 0 Å². The van der Waals surface area contributed by atoms with E-state index in [0.29, 0.717) is 5.69 Å². The molecule has 12 heavy (non-hydrogen) atoms. The van der Waals surface area contributed by atoms with Gasteiger partial charge in [-0.1, -0.05) is 0 Å². The summed E-state index contributed by atoms with van der Waals surface area (Å²) in [4.78, 5) is 2.90. The molecule has 66 valence electrons. The zero-order chi connectivity index (χ0) is 8.60. The lowest BCUT2D eigenvalue weighted by molar-refractivity contribution is 0.138. The number of hydrogen-bond donors (Lipinski definition) is 2. The van der Waals surface area contributed by atoms with E-state index in [4.69, 9.17) is 5.73 Å². The van der Waals surface area contributed by atoms with E-state index >= 15 is 0 Å². The first-order valence-corrected chi connectivity index (χ1v) is 4.30. The van der Waals surface area contributed by atoms with E-state index in [1.165, 1.54) is 0 Å². The van der Waals surface area contributed by atoms with Crippen molar-refractivity contribution in [2.24, 2.45) is 11.7 Å². The molecule has 0 aliphatic heterocycles. The summed E-state index contributed by atoms with van der Waals surface area (Å²) >= 11 is 0. The standard InChI is InChI=1S/C9H13FN2/c10-9(6-11,7-3-4-7)8-2-1-5-12-8/h1-2,5,7,12H,3-4,6,11H2. The molecule has 0 spiro atoms. The molecule has 1 aromatic heterocycles. The molecule has 1 aliphatic rings. The van der Waals surface area contributed by atoms with Crippen LogP contribution < -0.4 is 5.73 Å². The molecule has 0 radical (unpaired) electrons. The Kier molecular flexibility index (Phi) is 1.68. The van der Waals surface area contributed by atoms with Gasteiger partial charge in [-0.15, -0.1) is 0 Å². The Labute approximate surface area is 71.0 Å². The number of alkyl halides is 1. The minimum atomic E-state index is -1.30. The molecule has 0 amide bonds. The van der Waals surface area contributed by atoms with E-state index in [-0.39, 0.29) is 12.5 Å². The number of rotatable bonds is 3. The third-order valence-corrected chi connectivity index (χ3v) is 2.57. The first kappa shape index (κ1) is 7.80. The van der Waals surface area contributed by atoms with Crippen molar-refractivity contribution >= 4 is 0 Å². The van der Waals surface area contributed by atoms with Crippen LogP contribution in [0, 0.1) is 5.92 Å². The molecule has 1 heterocycles. The summed E-state index contributed by atoms with van der Waals surface area (Å²) in [6.07, 6.45) is 3.67. The number of aromatic nitrogens is 1. The van der Waals surface area contributed by atoms with Crippen molar-refractivity contribution in [3.05, 3.63) is 24.0 Å². The van der Waals surface area contributed by atoms with Gasteiger partial charge in [0.15, 0.2) is 5.67 Å². The van der Waals surface area contributed by atoms with Gasteiger partial charge < -0.3 is 10.7 Å². The number of H-pyrrole nitrogens is 1. The fourth-order valence-electron chi connectivity index (χ4n) is 1.63. The summed E-state index contributed by atoms with van der Waals surface area (Å²) < 4.78 is 14.1. The Morgan fingerprint density at radius 2 is 2.42 bits per heavy atom. The molecule has 3 heteroatoms. The average Bonchev–Trinajstić information content (AvgIpc) is 2.80. The molecular formula is C9H13FN2. The van der Waals surface area contributed by atoms with Crippen molar-refractivity contribution < 1.29 is 4.39 Å². The average molecular weight is 168 g/mol. The predicted octanol–water partition coefficient (Wildman–Crippen LogP) is 1.55. The molecule has 3 N–H and O–H groups in total. The monoisotopic (exact) mass is 168 g/mol. The molecule has 1 aromatic rings. The van der Waals surface area contributed by atoms with Gasteiger partial charge in [-0.3, -0.25) is 0 Å². The van der Waals surface area contributed by atoms with Gasteiger partial charge in [-0.25, -0.2) is 4.39 Å². The van der Waals surface area contributed by atoms with Gasteiger partial charge >= 0.3 is 0 Å². The Hall–Kier alpha value is -0.830. The smallest absolute Gasteiger partial charge is 0.165 e. The molecule has 1 unspecified atom stereocenters. The molecule has 0 bridgehead atoms. The maximum absolute atomic E-state index is 14.1. The highest BCUT2D eigenvalue weighted by Crippen LogP contribution is 2.47. The predicted molar refractivity (Wildman–Crippen MR) is 45.4 cm³/mol. The number of halogens is 1. The number of aromatic amines is 1. The lowest BCUT2D eigenvalue weighted by atomic mass is 9.96. The summed E-state index contributed by atoms with van der Waals surface area (Å²) in [6.45, 7) is 0.0815. The molecule has 0 saturated heterocycles. The highest BCUT2D eigenvalue weighted by Gasteiger charge is 2.46. The summed E-state index contributed by atoms with van der Waals surface area (Å²) in [7, 11) is 0. The molecule has 1 atom stereocenters. The fourth-order valence-corrected chi connectivity index (χ4v) is 1.63. The van der Waals surface area contributed by atoms with E-state index in [1.807, 2.05) is 6.07 Å². The van der Waals surface area contributed by atoms with Gasteiger partial charge in [0.1, 0.15) is 0 Å². The first-order chi connectivity index (χ1) is 5.77. The highest BCUT2D eigenvalue weighted by atomic mass is 19.1. The lowest BCUT2D eigenvalue weighted by Gasteiger charge is -2.21. The Bertz CT molecular complexity index is 254. The summed E-state index contributed by atoms with van der Waals surface area (Å²) in [5, 5.41) is 0. The van der Waals surface area contributed by atoms with Gasteiger partial charge in [-0.2, -0.15) is 0 Å². The van der Waals surface area contributed by atoms with E-state index in [1.54, 1.807) is 12.3 Å². The molecular weight excluding hydrogens is 155 g/mol. The molecule has 2 rings (SSSR count). The second-order valence-corrected chi connectivity index (χ2v) is 3.42. The van der Waals surface area contributed by atoms with Gasteiger partial charge in [0, 0.05) is 12.7 Å². The summed E-state index contributed by atoms with van der Waals surface area (Å²) in [5.41, 5.74) is 4.77. The van der Waals surface area contributed by atoms with Crippen LogP contribution in [-0.2, 0) is 5.67 Å². The van der Waals surface area contributed by atoms with Crippen LogP contribution in [0.3, 0.4) is 0 Å². The fraction of sp³-hybridized carbons (Fsp3) is 0.556. The third kappa shape index (κ3) is 1.05. The molecule has 2 nitrogen and oxygen atoms in total. The minimum Gasteiger partial charge on any atom is -0.362 e. The highest BCUT2D eigenvalue weighted by molar-refractivity contribution is 5.18. The van der Waals surface area contributed by atoms with Gasteiger partial charge in [0.2, 0.25) is 0 Å². The maximum Gasteiger partial charge on any atom is 0.165 e. The van der Waals surface area contributed by atoms with E-state index < -0.39 is 5.67 Å². The Morgan fingerprint density at radius 3 is 2.83 bits per heavy atom. The van der Waals surface area contributed by atoms with Crippen LogP contribution in [0.5, 0.6) is 0 Å². The van der Waals surface area contributed by atoms with Crippen molar-refractivity contribution in [2.75, 3.05) is 6.54 Å². The number of nitrogens with two attached hydrogens (primary N) is 1. The van der Waals surface area contributed by atoms with Crippen LogP contribution in [0.25, 0.3) is 0 Å². The largest absolute Gasteiger partial charge is 0.362 e. The minimum absolute atomic E-state index is 0.0815. The maximum atomic E-state index is 14.1. The van der Waals surface area contributed by atoms with Crippen LogP contribution in [0.1, 0.15) is 18.5 Å². The second kappa shape index (κ2) is 2.59. The number of nitrogens with one attached hydrogen (secondary N) is 1. The van der Waals surface area contributed by atoms with Crippen molar-refractivity contribution in [3.8, 4) is 0 Å². The van der Waals surface area contributed by atoms with Gasteiger partial charge in [-0.05, 0) is 30.9 Å². The van der Waals surface area contributed by atoms with Crippen LogP contribution in [-0.4, -0.2) is 11.5 Å². The van der Waals surface area contributed by atoms with E-state index in [9.17, 15) is 4.39 Å². The van der Waals surface area contributed by atoms with Gasteiger partial charge in [0.25, 0.3) is 0 Å². The summed E-state index contributed by atoms with van der Waals surface area (Å²) in [5.74, 6) is 0.140. The van der Waals surface area contributed by atoms with Crippen molar-refractivity contribution in [1.29, 1.82) is 0 Å². The van der Waals surface area contributed by atoms with Crippen LogP contribution in [0.15, 0.2) is 18.3 Å². The zero-order valence-electron chi connectivity index (χ0n) is 6.89. The normalized spacial score (nSPS) is 22.2. The first-order valence-electron chi connectivity index (χ1n) is 4.30. The van der Waals surface area contributed by atoms with Crippen molar-refractivity contribution in [2.45, 2.75) is 18.5 Å². The van der Waals surface area contributed by atoms with Crippen LogP contribution >= 0.6 is 0 Å². The molecule has 1 aliphatic carbocycles. The third-order valence-electron chi connectivity index (χ3n) is 2.57. The lowest BCUT2D eigenvalue weighted by Crippen LogP contribution is -2.32. The quantitative estimate of drug-likeness (QED) is 0.706. The van der Waals surface area contributed by atoms with Crippen molar-refractivity contribution in [1.82, 2.24) is 4.98 Å². The van der Waals surface area contributed by atoms with Crippen LogP contribution in [0.4, 0.5) is 4.39 Å². The molecule has 1 saturated carbocycles. The molecule has 1 fully saturated rings. The Morgan fingerprint density at radius 1 is 1.67 bits per heavy atom. The van der Waals surface area contributed by atoms with Gasteiger partial charge in [0.05, 0.1) is 5.69 Å². The Balaban J connectivity index is 2.27. The summed E-state index contributed by atoms with van der Waals surface area (Å²) in [6, 6.07) is 3.58. The topological polar surface area (TPSA) is 41.8 Å². The molecule has 0 aromatic carbocycles. The second-order valence-electron chi connectivity index (χ2n) is 3.42. The van der Waals surface area contributed by atoms with E-state index in [0.717, 1.165) is 12.8 Å². The number of hydrogen-bond acceptors (Lipinski definition) is 1.